The highest BCUT2D eigenvalue weighted by molar-refractivity contribution is 6.34. The van der Waals surface area contributed by atoms with Crippen LogP contribution in [0.5, 0.6) is 6.01 Å². The lowest BCUT2D eigenvalue weighted by Crippen LogP contribution is -2.45. The fraction of sp³-hybridized carbons (Fsp3) is 0.321. The second kappa shape index (κ2) is 9.84. The van der Waals surface area contributed by atoms with E-state index in [1.807, 2.05) is 60.7 Å². The Hall–Kier alpha value is -2.94. The second-order valence-electron chi connectivity index (χ2n) is 9.70. The van der Waals surface area contributed by atoms with E-state index in [1.54, 1.807) is 13.8 Å². The largest absolute Gasteiger partial charge is 0.459 e. The minimum Gasteiger partial charge on any atom is -0.459 e. The number of nitrogens with zero attached hydrogens (tertiary/aromatic N) is 1. The maximum absolute atomic E-state index is 10.2. The zero-order valence-corrected chi connectivity index (χ0v) is 20.9. The van der Waals surface area contributed by atoms with E-state index in [-0.39, 0.29) is 19.3 Å². The van der Waals surface area contributed by atoms with Crippen molar-refractivity contribution in [1.29, 1.82) is 0 Å². The van der Waals surface area contributed by atoms with Crippen molar-refractivity contribution in [2.75, 3.05) is 13.2 Å². The fourth-order valence-corrected chi connectivity index (χ4v) is 4.72. The number of fused-ring (bicyclic) bond motifs is 1. The van der Waals surface area contributed by atoms with Crippen molar-refractivity contribution in [2.24, 2.45) is 0 Å². The van der Waals surface area contributed by atoms with E-state index in [0.29, 0.717) is 23.0 Å². The van der Waals surface area contributed by atoms with E-state index in [1.165, 1.54) is 0 Å². The number of H-pyrrole nitrogens is 1. The Kier molecular flexibility index (Phi) is 6.76. The molecule has 0 unspecified atom stereocenters. The molecule has 2 heterocycles. The van der Waals surface area contributed by atoms with Gasteiger partial charge < -0.3 is 29.8 Å². The highest BCUT2D eigenvalue weighted by Crippen LogP contribution is 2.34. The Balaban J connectivity index is 1.34. The number of imidazole rings is 1. The molecule has 8 heteroatoms. The molecule has 0 radical (unpaired) electrons. The Bertz CT molecular complexity index is 1350. The van der Waals surface area contributed by atoms with Crippen LogP contribution >= 0.6 is 11.6 Å². The lowest BCUT2D eigenvalue weighted by molar-refractivity contribution is -0.131. The zero-order valence-electron chi connectivity index (χ0n) is 20.1. The van der Waals surface area contributed by atoms with Crippen LogP contribution in [0.2, 0.25) is 5.02 Å². The van der Waals surface area contributed by atoms with Crippen molar-refractivity contribution in [2.45, 2.75) is 44.2 Å². The van der Waals surface area contributed by atoms with Crippen LogP contribution in [-0.2, 0) is 10.3 Å². The molecule has 0 aliphatic carbocycles. The van der Waals surface area contributed by atoms with E-state index in [9.17, 15) is 15.3 Å². The summed E-state index contributed by atoms with van der Waals surface area (Å²) in [6.45, 7) is 3.58. The first-order chi connectivity index (χ1) is 17.2. The van der Waals surface area contributed by atoms with Crippen molar-refractivity contribution in [3.63, 3.8) is 0 Å². The third-order valence-corrected chi connectivity index (χ3v) is 6.87. The topological polar surface area (TPSA) is 108 Å². The number of aliphatic hydroxyl groups excluding tert-OH is 2. The smallest absolute Gasteiger partial charge is 0.294 e. The third-order valence-electron chi connectivity index (χ3n) is 6.56. The minimum absolute atomic E-state index is 0.227. The summed E-state index contributed by atoms with van der Waals surface area (Å²) in [4.78, 5) is 7.67. The zero-order chi connectivity index (χ0) is 25.4. The molecule has 0 amide bonds. The van der Waals surface area contributed by atoms with Gasteiger partial charge in [-0.25, -0.2) is 0 Å². The number of ether oxygens (including phenoxy) is 2. The molecular weight excluding hydrogens is 480 g/mol. The fourth-order valence-electron chi connectivity index (χ4n) is 4.44. The lowest BCUT2D eigenvalue weighted by Gasteiger charge is -2.31. The van der Waals surface area contributed by atoms with Gasteiger partial charge in [0.2, 0.25) is 0 Å². The van der Waals surface area contributed by atoms with E-state index in [0.717, 1.165) is 33.3 Å². The van der Waals surface area contributed by atoms with Crippen LogP contribution in [0.3, 0.4) is 0 Å². The Morgan fingerprint density at radius 1 is 1.06 bits per heavy atom. The van der Waals surface area contributed by atoms with E-state index in [2.05, 4.69) is 9.97 Å². The molecule has 36 heavy (non-hydrogen) atoms. The predicted octanol–water partition coefficient (Wildman–Crippen LogP) is 4.67. The molecule has 0 saturated carbocycles. The molecule has 1 aliphatic rings. The SMILES string of the molecule is CC(C)(O)c1ccc(-c2ccc(-c3cc4nc(O[C@H]5CO[C@H](CO)[C@@H](O)C5)[nH]c4cc3Cl)cc2)cc1. The first-order valence-electron chi connectivity index (χ1n) is 11.9. The van der Waals surface area contributed by atoms with Crippen molar-refractivity contribution >= 4 is 22.6 Å². The average molecular weight is 509 g/mol. The quantitative estimate of drug-likeness (QED) is 0.301. The molecule has 0 bridgehead atoms. The highest BCUT2D eigenvalue weighted by Gasteiger charge is 2.31. The van der Waals surface area contributed by atoms with Gasteiger partial charge in [0.25, 0.3) is 6.01 Å². The van der Waals surface area contributed by atoms with Crippen LogP contribution in [0.4, 0.5) is 0 Å². The molecule has 1 saturated heterocycles. The molecule has 3 atom stereocenters. The first-order valence-corrected chi connectivity index (χ1v) is 12.3. The normalized spacial score (nSPS) is 20.6. The lowest BCUT2D eigenvalue weighted by atomic mass is 9.95. The number of hydrogen-bond donors (Lipinski definition) is 4. The average Bonchev–Trinajstić information content (AvgIpc) is 3.24. The summed E-state index contributed by atoms with van der Waals surface area (Å²) in [5.74, 6) is 0. The van der Waals surface area contributed by atoms with Gasteiger partial charge in [0.05, 0.1) is 41.0 Å². The molecule has 4 aromatic rings. The summed E-state index contributed by atoms with van der Waals surface area (Å²) in [5.41, 5.74) is 5.39. The number of halogens is 1. The monoisotopic (exact) mass is 508 g/mol. The number of aromatic amines is 1. The maximum Gasteiger partial charge on any atom is 0.294 e. The summed E-state index contributed by atoms with van der Waals surface area (Å²) in [6.07, 6.45) is -1.40. The number of benzene rings is 3. The van der Waals surface area contributed by atoms with Gasteiger partial charge in [0.1, 0.15) is 12.2 Å². The van der Waals surface area contributed by atoms with Gasteiger partial charge in [0, 0.05) is 12.0 Å². The van der Waals surface area contributed by atoms with Gasteiger partial charge in [-0.2, -0.15) is 4.98 Å². The number of aliphatic hydroxyl groups is 3. The maximum atomic E-state index is 10.2. The van der Waals surface area contributed by atoms with E-state index >= 15 is 0 Å². The molecule has 1 aromatic heterocycles. The standard InChI is InChI=1S/C28H29ClN2O5/c1-28(2,34)19-9-7-17(8-10-19)16-3-5-18(6-4-16)21-12-23-24(13-22(21)29)31-27(30-23)36-20-11-25(33)26(14-32)35-15-20/h3-10,12-13,20,25-26,32-34H,11,14-15H2,1-2H3,(H,30,31)/t20-,25+,26-/m1/s1. The van der Waals surface area contributed by atoms with Crippen LogP contribution in [-0.4, -0.2) is 56.8 Å². The Labute approximate surface area is 214 Å². The van der Waals surface area contributed by atoms with Crippen LogP contribution in [0.1, 0.15) is 25.8 Å². The molecule has 7 nitrogen and oxygen atoms in total. The first kappa shape index (κ1) is 24.7. The van der Waals surface area contributed by atoms with Crippen molar-refractivity contribution in [1.82, 2.24) is 9.97 Å². The van der Waals surface area contributed by atoms with Crippen LogP contribution < -0.4 is 4.74 Å². The van der Waals surface area contributed by atoms with Crippen LogP contribution in [0.15, 0.2) is 60.7 Å². The van der Waals surface area contributed by atoms with E-state index in [4.69, 9.17) is 21.1 Å². The van der Waals surface area contributed by atoms with Crippen molar-refractivity contribution in [3.05, 3.63) is 71.2 Å². The summed E-state index contributed by atoms with van der Waals surface area (Å²) >= 11 is 6.62. The number of aromatic nitrogens is 2. The molecule has 1 aliphatic heterocycles. The van der Waals surface area contributed by atoms with Gasteiger partial charge in [-0.05, 0) is 48.2 Å². The van der Waals surface area contributed by atoms with Crippen LogP contribution in [0, 0.1) is 0 Å². The van der Waals surface area contributed by atoms with Gasteiger partial charge in [0.15, 0.2) is 0 Å². The second-order valence-corrected chi connectivity index (χ2v) is 10.1. The van der Waals surface area contributed by atoms with Gasteiger partial charge in [-0.3, -0.25) is 0 Å². The van der Waals surface area contributed by atoms with E-state index < -0.39 is 17.8 Å². The van der Waals surface area contributed by atoms with Gasteiger partial charge in [-0.1, -0.05) is 60.1 Å². The van der Waals surface area contributed by atoms with Gasteiger partial charge in [-0.15, -0.1) is 0 Å². The molecule has 4 N–H and O–H groups in total. The highest BCUT2D eigenvalue weighted by atomic mass is 35.5. The van der Waals surface area contributed by atoms with Gasteiger partial charge >= 0.3 is 0 Å². The molecule has 188 valence electrons. The Morgan fingerprint density at radius 3 is 2.31 bits per heavy atom. The number of rotatable bonds is 6. The molecule has 0 spiro atoms. The summed E-state index contributed by atoms with van der Waals surface area (Å²) in [6, 6.07) is 20.1. The number of nitrogens with one attached hydrogen (secondary N) is 1. The minimum atomic E-state index is -0.872. The Morgan fingerprint density at radius 2 is 1.69 bits per heavy atom. The molecule has 5 rings (SSSR count). The summed E-state index contributed by atoms with van der Waals surface area (Å²) in [5, 5.41) is 30.1. The molecular formula is C28H29ClN2O5. The predicted molar refractivity (Wildman–Crippen MR) is 139 cm³/mol. The number of hydrogen-bond acceptors (Lipinski definition) is 6. The van der Waals surface area contributed by atoms with Crippen LogP contribution in [0.25, 0.3) is 33.3 Å². The third kappa shape index (κ3) is 5.12. The molecule has 3 aromatic carbocycles. The molecule has 1 fully saturated rings. The van der Waals surface area contributed by atoms with Crippen molar-refractivity contribution < 1.29 is 24.8 Å². The summed E-state index contributed by atoms with van der Waals surface area (Å²) < 4.78 is 11.3. The summed E-state index contributed by atoms with van der Waals surface area (Å²) in [7, 11) is 0. The van der Waals surface area contributed by atoms with Crippen molar-refractivity contribution in [3.8, 4) is 28.3 Å².